The first-order chi connectivity index (χ1) is 19.9. The van der Waals surface area contributed by atoms with E-state index in [1.165, 1.54) is 82.3 Å². The summed E-state index contributed by atoms with van der Waals surface area (Å²) in [6.07, 6.45) is 1.94. The molecule has 8 aromatic rings. The van der Waals surface area contributed by atoms with Crippen molar-refractivity contribution in [3.63, 3.8) is 0 Å². The van der Waals surface area contributed by atoms with Crippen LogP contribution in [0.5, 0.6) is 0 Å². The maximum Gasteiger partial charge on any atom is 0.251 e. The molecule has 2 aliphatic heterocycles. The van der Waals surface area contributed by atoms with Crippen LogP contribution in [-0.2, 0) is 0 Å². The lowest BCUT2D eigenvalue weighted by Gasteiger charge is -2.37. The minimum absolute atomic E-state index is 0.159. The maximum absolute atomic E-state index is 4.99. The normalized spacial score (nSPS) is 13.4. The molecule has 7 aromatic carbocycles. The summed E-state index contributed by atoms with van der Waals surface area (Å²) in [5.74, 6) is 0. The second kappa shape index (κ2) is 7.28. The molecule has 0 saturated heterocycles. The summed E-state index contributed by atoms with van der Waals surface area (Å²) < 4.78 is 0. The van der Waals surface area contributed by atoms with Crippen molar-refractivity contribution in [2.75, 3.05) is 4.90 Å². The molecule has 0 unspecified atom stereocenters. The molecular weight excluding hydrogens is 483 g/mol. The van der Waals surface area contributed by atoms with Crippen LogP contribution in [0.4, 0.5) is 17.1 Å². The number of hydrogen-bond acceptors (Lipinski definition) is 2. The second-order valence-corrected chi connectivity index (χ2v) is 11.1. The molecule has 0 amide bonds. The molecule has 0 N–H and O–H groups in total. The van der Waals surface area contributed by atoms with E-state index in [-0.39, 0.29) is 6.71 Å². The number of hydrogen-bond donors (Lipinski definition) is 0. The lowest BCUT2D eigenvalue weighted by atomic mass is 9.37. The molecule has 0 atom stereocenters. The number of benzene rings is 7. The summed E-state index contributed by atoms with van der Waals surface area (Å²) in [6, 6.07) is 44.9. The maximum atomic E-state index is 4.99. The van der Waals surface area contributed by atoms with Crippen molar-refractivity contribution in [2.45, 2.75) is 0 Å². The van der Waals surface area contributed by atoms with Gasteiger partial charge in [0.15, 0.2) is 0 Å². The summed E-state index contributed by atoms with van der Waals surface area (Å²) in [5, 5.41) is 9.01. The Hall–Kier alpha value is -5.15. The van der Waals surface area contributed by atoms with Crippen molar-refractivity contribution in [2.24, 2.45) is 0 Å². The Labute approximate surface area is 231 Å². The van der Waals surface area contributed by atoms with E-state index >= 15 is 0 Å². The van der Waals surface area contributed by atoms with Crippen molar-refractivity contribution in [1.82, 2.24) is 4.98 Å². The highest BCUT2D eigenvalue weighted by molar-refractivity contribution is 7.02. The number of fused-ring (bicyclic) bond motifs is 7. The third-order valence-electron chi connectivity index (χ3n) is 9.24. The average molecular weight is 504 g/mol. The van der Waals surface area contributed by atoms with Gasteiger partial charge in [-0.15, -0.1) is 0 Å². The van der Waals surface area contributed by atoms with Gasteiger partial charge in [-0.25, -0.2) is 0 Å². The summed E-state index contributed by atoms with van der Waals surface area (Å²) in [5.41, 5.74) is 11.5. The molecule has 1 aromatic heterocycles. The van der Waals surface area contributed by atoms with Gasteiger partial charge in [0.25, 0.3) is 6.71 Å². The van der Waals surface area contributed by atoms with Crippen LogP contribution < -0.4 is 21.3 Å². The van der Waals surface area contributed by atoms with Crippen molar-refractivity contribution in [3.05, 3.63) is 128 Å². The van der Waals surface area contributed by atoms with Crippen molar-refractivity contribution >= 4 is 83.4 Å². The van der Waals surface area contributed by atoms with E-state index in [1.807, 2.05) is 12.3 Å². The fraction of sp³-hybridized carbons (Fsp3) is 0. The molecule has 2 aliphatic rings. The minimum atomic E-state index is 0.159. The van der Waals surface area contributed by atoms with Crippen molar-refractivity contribution in [1.29, 1.82) is 0 Å². The number of anilines is 3. The van der Waals surface area contributed by atoms with Crippen LogP contribution in [0.3, 0.4) is 0 Å². The molecule has 3 heterocycles. The number of nitrogens with zero attached hydrogens (tertiary/aromatic N) is 2. The van der Waals surface area contributed by atoms with E-state index < -0.39 is 0 Å². The largest absolute Gasteiger partial charge is 0.311 e. The Morgan fingerprint density at radius 3 is 2.08 bits per heavy atom. The SMILES string of the molecule is c1ccc2c(c1)B1c3c-2cccc3N(c2ccc3ccc4cccc5ccc2c3c45)c2ccc3cccnc3c21. The molecule has 182 valence electrons. The molecular formula is C37H21BN2. The second-order valence-electron chi connectivity index (χ2n) is 11.1. The van der Waals surface area contributed by atoms with Gasteiger partial charge in [-0.3, -0.25) is 4.98 Å². The lowest BCUT2D eigenvalue weighted by molar-refractivity contribution is 1.31. The molecule has 10 rings (SSSR count). The highest BCUT2D eigenvalue weighted by Gasteiger charge is 2.43. The van der Waals surface area contributed by atoms with E-state index in [2.05, 4.69) is 120 Å². The quantitative estimate of drug-likeness (QED) is 0.171. The Morgan fingerprint density at radius 2 is 1.15 bits per heavy atom. The van der Waals surface area contributed by atoms with Gasteiger partial charge in [-0.1, -0.05) is 103 Å². The standard InChI is InChI=1S/C37H21BN2/c1-2-11-29-26(9-1)27-10-4-12-31-35(27)38(29)36-32(20-17-25-8-5-21-39-37(25)36)40(31)30-19-16-24-14-13-22-6-3-7-23-15-18-28(30)34(24)33(22)23/h1-21H. The fourth-order valence-electron chi connectivity index (χ4n) is 7.68. The molecule has 0 radical (unpaired) electrons. The van der Waals surface area contributed by atoms with Crippen LogP contribution in [0.15, 0.2) is 128 Å². The van der Waals surface area contributed by atoms with Crippen molar-refractivity contribution in [3.8, 4) is 11.1 Å². The van der Waals surface area contributed by atoms with Crippen LogP contribution in [0, 0.1) is 0 Å². The monoisotopic (exact) mass is 504 g/mol. The predicted octanol–water partition coefficient (Wildman–Crippen LogP) is 7.41. The smallest absolute Gasteiger partial charge is 0.251 e. The van der Waals surface area contributed by atoms with Crippen LogP contribution in [0.25, 0.3) is 54.3 Å². The Balaban J connectivity index is 1.37. The van der Waals surface area contributed by atoms with Gasteiger partial charge < -0.3 is 4.90 Å². The Kier molecular flexibility index (Phi) is 3.78. The van der Waals surface area contributed by atoms with Crippen LogP contribution in [0.1, 0.15) is 0 Å². The van der Waals surface area contributed by atoms with Gasteiger partial charge >= 0.3 is 0 Å². The number of aromatic nitrogens is 1. The molecule has 0 fully saturated rings. The molecule has 0 saturated carbocycles. The highest BCUT2D eigenvalue weighted by atomic mass is 15.2. The molecule has 0 aliphatic carbocycles. The van der Waals surface area contributed by atoms with E-state index in [1.54, 1.807) is 0 Å². The Morgan fingerprint density at radius 1 is 0.475 bits per heavy atom. The summed E-state index contributed by atoms with van der Waals surface area (Å²) in [6.45, 7) is 0.159. The van der Waals surface area contributed by atoms with Crippen LogP contribution >= 0.6 is 0 Å². The first kappa shape index (κ1) is 20.8. The molecule has 3 heteroatoms. The third kappa shape index (κ3) is 2.44. The first-order valence-electron chi connectivity index (χ1n) is 13.9. The molecule has 2 nitrogen and oxygen atoms in total. The van der Waals surface area contributed by atoms with Gasteiger partial charge in [0.1, 0.15) is 0 Å². The summed E-state index contributed by atoms with van der Waals surface area (Å²) in [7, 11) is 0. The van der Waals surface area contributed by atoms with Gasteiger partial charge in [0.2, 0.25) is 0 Å². The van der Waals surface area contributed by atoms with Gasteiger partial charge in [0.05, 0.1) is 11.2 Å². The topological polar surface area (TPSA) is 16.1 Å². The van der Waals surface area contributed by atoms with E-state index in [4.69, 9.17) is 4.98 Å². The average Bonchev–Trinajstić information content (AvgIpc) is 3.35. The first-order valence-corrected chi connectivity index (χ1v) is 13.9. The molecule has 40 heavy (non-hydrogen) atoms. The molecule has 0 bridgehead atoms. The zero-order valence-electron chi connectivity index (χ0n) is 21.6. The van der Waals surface area contributed by atoms with Crippen LogP contribution in [0.2, 0.25) is 0 Å². The fourth-order valence-corrected chi connectivity index (χ4v) is 7.68. The zero-order chi connectivity index (χ0) is 25.9. The van der Waals surface area contributed by atoms with E-state index in [0.29, 0.717) is 0 Å². The van der Waals surface area contributed by atoms with E-state index in [9.17, 15) is 0 Å². The lowest BCUT2D eigenvalue weighted by Crippen LogP contribution is -2.55. The van der Waals surface area contributed by atoms with Gasteiger partial charge in [-0.05, 0) is 78.6 Å². The highest BCUT2D eigenvalue weighted by Crippen LogP contribution is 2.46. The van der Waals surface area contributed by atoms with Gasteiger partial charge in [-0.2, -0.15) is 0 Å². The predicted molar refractivity (Wildman–Crippen MR) is 170 cm³/mol. The minimum Gasteiger partial charge on any atom is -0.311 e. The summed E-state index contributed by atoms with van der Waals surface area (Å²) >= 11 is 0. The Bertz CT molecular complexity index is 2340. The number of pyridine rings is 1. The van der Waals surface area contributed by atoms with Gasteiger partial charge in [0, 0.05) is 23.0 Å². The summed E-state index contributed by atoms with van der Waals surface area (Å²) in [4.78, 5) is 7.50. The third-order valence-corrected chi connectivity index (χ3v) is 9.24. The van der Waals surface area contributed by atoms with Crippen LogP contribution in [-0.4, -0.2) is 11.7 Å². The molecule has 0 spiro atoms. The zero-order valence-corrected chi connectivity index (χ0v) is 21.6. The van der Waals surface area contributed by atoms with Crippen molar-refractivity contribution < 1.29 is 0 Å². The number of rotatable bonds is 1. The van der Waals surface area contributed by atoms with E-state index in [0.717, 1.165) is 5.52 Å².